The van der Waals surface area contributed by atoms with E-state index in [-0.39, 0.29) is 0 Å². The van der Waals surface area contributed by atoms with Crippen molar-refractivity contribution in [1.82, 2.24) is 4.98 Å². The number of benzene rings is 1. The number of rotatable bonds is 3. The van der Waals surface area contributed by atoms with Gasteiger partial charge >= 0.3 is 5.97 Å². The molecule has 5 heteroatoms. The molecular formula is C13H11ClN2O2. The van der Waals surface area contributed by atoms with Crippen molar-refractivity contribution in [2.24, 2.45) is 5.16 Å². The number of aromatic nitrogens is 1. The zero-order valence-corrected chi connectivity index (χ0v) is 10.4. The van der Waals surface area contributed by atoms with Crippen LogP contribution < -0.4 is 0 Å². The normalized spacial score (nSPS) is 11.3. The Bertz CT molecular complexity index is 559. The average molecular weight is 263 g/mol. The van der Waals surface area contributed by atoms with Gasteiger partial charge in [0.15, 0.2) is 0 Å². The monoisotopic (exact) mass is 262 g/mol. The number of nitrogens with one attached hydrogen (secondary N) is 1. The Balaban J connectivity index is 2.04. The summed E-state index contributed by atoms with van der Waals surface area (Å²) in [6, 6.07) is 10.1. The first-order chi connectivity index (χ1) is 8.66. The number of carbonyl (C=O) groups is 1. The molecule has 0 spiro atoms. The van der Waals surface area contributed by atoms with E-state index >= 15 is 0 Å². The third-order valence-corrected chi connectivity index (χ3v) is 2.59. The number of aromatic amines is 1. The smallest absolute Gasteiger partial charge is 0.360 e. The van der Waals surface area contributed by atoms with E-state index in [9.17, 15) is 4.79 Å². The van der Waals surface area contributed by atoms with E-state index in [0.29, 0.717) is 16.3 Å². The van der Waals surface area contributed by atoms with Gasteiger partial charge in [0.1, 0.15) is 5.71 Å². The van der Waals surface area contributed by atoms with Crippen molar-refractivity contribution in [3.8, 4) is 0 Å². The predicted octanol–water partition coefficient (Wildman–Crippen LogP) is 3.25. The largest absolute Gasteiger partial charge is 0.365 e. The second-order valence-corrected chi connectivity index (χ2v) is 4.08. The Morgan fingerprint density at radius 3 is 2.61 bits per heavy atom. The van der Waals surface area contributed by atoms with Crippen LogP contribution in [0.25, 0.3) is 0 Å². The number of hydrogen-bond donors (Lipinski definition) is 1. The standard InChI is InChI=1S/C13H11ClN2O2/c1-9(12-3-2-8-15-12)16-18-13(17)10-4-6-11(14)7-5-10/h2-8,15H,1H3/b16-9-. The Hall–Kier alpha value is -2.07. The van der Waals surface area contributed by atoms with Crippen LogP contribution in [-0.4, -0.2) is 16.7 Å². The number of carbonyl (C=O) groups excluding carboxylic acids is 1. The van der Waals surface area contributed by atoms with Crippen LogP contribution in [0, 0.1) is 0 Å². The molecule has 0 bridgehead atoms. The summed E-state index contributed by atoms with van der Waals surface area (Å²) >= 11 is 5.73. The molecule has 2 aromatic rings. The Labute approximate surface area is 109 Å². The minimum atomic E-state index is -0.516. The predicted molar refractivity (Wildman–Crippen MR) is 69.9 cm³/mol. The molecule has 1 aromatic heterocycles. The molecule has 0 aliphatic rings. The van der Waals surface area contributed by atoms with Crippen LogP contribution in [-0.2, 0) is 4.84 Å². The molecular weight excluding hydrogens is 252 g/mol. The van der Waals surface area contributed by atoms with Gasteiger partial charge < -0.3 is 9.82 Å². The van der Waals surface area contributed by atoms with Crippen molar-refractivity contribution in [2.45, 2.75) is 6.92 Å². The molecule has 0 saturated carbocycles. The van der Waals surface area contributed by atoms with Crippen LogP contribution in [0.1, 0.15) is 23.0 Å². The van der Waals surface area contributed by atoms with E-state index in [2.05, 4.69) is 10.1 Å². The third-order valence-electron chi connectivity index (χ3n) is 2.33. The van der Waals surface area contributed by atoms with Crippen LogP contribution in [0.2, 0.25) is 5.02 Å². The van der Waals surface area contributed by atoms with Gasteiger partial charge in [0, 0.05) is 11.2 Å². The molecule has 0 aliphatic carbocycles. The first kappa shape index (κ1) is 12.4. The van der Waals surface area contributed by atoms with Crippen molar-refractivity contribution in [3.05, 3.63) is 58.9 Å². The van der Waals surface area contributed by atoms with Gasteiger partial charge in [-0.2, -0.15) is 0 Å². The van der Waals surface area contributed by atoms with Crippen molar-refractivity contribution in [1.29, 1.82) is 0 Å². The molecule has 0 amide bonds. The molecule has 1 N–H and O–H groups in total. The molecule has 92 valence electrons. The second kappa shape index (κ2) is 5.51. The summed E-state index contributed by atoms with van der Waals surface area (Å²) in [4.78, 5) is 19.5. The third kappa shape index (κ3) is 2.99. The maximum atomic E-state index is 11.6. The zero-order chi connectivity index (χ0) is 13.0. The highest BCUT2D eigenvalue weighted by Gasteiger charge is 2.07. The van der Waals surface area contributed by atoms with E-state index in [1.165, 1.54) is 0 Å². The summed E-state index contributed by atoms with van der Waals surface area (Å²) in [5.74, 6) is -0.516. The Kier molecular flexibility index (Phi) is 3.79. The van der Waals surface area contributed by atoms with E-state index in [4.69, 9.17) is 16.4 Å². The van der Waals surface area contributed by atoms with Gasteiger partial charge in [-0.05, 0) is 43.3 Å². The summed E-state index contributed by atoms with van der Waals surface area (Å²) in [7, 11) is 0. The molecule has 1 aromatic carbocycles. The van der Waals surface area contributed by atoms with Gasteiger partial charge in [-0.25, -0.2) is 4.79 Å². The number of H-pyrrole nitrogens is 1. The highest BCUT2D eigenvalue weighted by Crippen LogP contribution is 2.10. The highest BCUT2D eigenvalue weighted by atomic mass is 35.5. The molecule has 0 aliphatic heterocycles. The van der Waals surface area contributed by atoms with Gasteiger partial charge in [0.25, 0.3) is 0 Å². The molecule has 2 rings (SSSR count). The average Bonchev–Trinajstić information content (AvgIpc) is 2.90. The van der Waals surface area contributed by atoms with E-state index < -0.39 is 5.97 Å². The van der Waals surface area contributed by atoms with Crippen molar-refractivity contribution in [2.75, 3.05) is 0 Å². The first-order valence-corrected chi connectivity index (χ1v) is 5.70. The molecule has 1 heterocycles. The highest BCUT2D eigenvalue weighted by molar-refractivity contribution is 6.30. The topological polar surface area (TPSA) is 54.4 Å². The van der Waals surface area contributed by atoms with E-state index in [0.717, 1.165) is 5.69 Å². The molecule has 4 nitrogen and oxygen atoms in total. The van der Waals surface area contributed by atoms with Crippen LogP contribution in [0.3, 0.4) is 0 Å². The van der Waals surface area contributed by atoms with Crippen LogP contribution >= 0.6 is 11.6 Å². The fourth-order valence-electron chi connectivity index (χ4n) is 1.35. The van der Waals surface area contributed by atoms with Crippen LogP contribution in [0.4, 0.5) is 0 Å². The fraction of sp³-hybridized carbons (Fsp3) is 0.0769. The first-order valence-electron chi connectivity index (χ1n) is 5.32. The Morgan fingerprint density at radius 2 is 2.00 bits per heavy atom. The fourth-order valence-corrected chi connectivity index (χ4v) is 1.48. The summed E-state index contributed by atoms with van der Waals surface area (Å²) in [5, 5.41) is 4.34. The lowest BCUT2D eigenvalue weighted by atomic mass is 10.2. The van der Waals surface area contributed by atoms with Gasteiger partial charge in [0.2, 0.25) is 0 Å². The number of nitrogens with zero attached hydrogens (tertiary/aromatic N) is 1. The van der Waals surface area contributed by atoms with Gasteiger partial charge in [-0.3, -0.25) is 0 Å². The maximum Gasteiger partial charge on any atom is 0.365 e. The molecule has 0 fully saturated rings. The number of oxime groups is 1. The zero-order valence-electron chi connectivity index (χ0n) is 9.68. The summed E-state index contributed by atoms with van der Waals surface area (Å²) in [6.07, 6.45) is 1.77. The van der Waals surface area contributed by atoms with Crippen molar-refractivity contribution >= 4 is 23.3 Å². The quantitative estimate of drug-likeness (QED) is 0.524. The minimum Gasteiger partial charge on any atom is -0.360 e. The number of halogens is 1. The van der Waals surface area contributed by atoms with Gasteiger partial charge in [-0.1, -0.05) is 16.8 Å². The lowest BCUT2D eigenvalue weighted by Gasteiger charge is -1.99. The minimum absolute atomic E-state index is 0.405. The molecule has 0 saturated heterocycles. The van der Waals surface area contributed by atoms with Crippen LogP contribution in [0.5, 0.6) is 0 Å². The SMILES string of the molecule is C/C(=N/OC(=O)c1ccc(Cl)cc1)c1ccc[nH]1. The van der Waals surface area contributed by atoms with Gasteiger partial charge in [-0.15, -0.1) is 0 Å². The van der Waals surface area contributed by atoms with Crippen LogP contribution in [0.15, 0.2) is 47.8 Å². The molecule has 0 radical (unpaired) electrons. The summed E-state index contributed by atoms with van der Waals surface area (Å²) in [6.45, 7) is 1.75. The summed E-state index contributed by atoms with van der Waals surface area (Å²) in [5.41, 5.74) is 1.81. The van der Waals surface area contributed by atoms with Gasteiger partial charge in [0.05, 0.1) is 11.3 Å². The van der Waals surface area contributed by atoms with E-state index in [1.54, 1.807) is 37.4 Å². The number of hydrogen-bond acceptors (Lipinski definition) is 3. The Morgan fingerprint density at radius 1 is 1.28 bits per heavy atom. The maximum absolute atomic E-state index is 11.6. The lowest BCUT2D eigenvalue weighted by Crippen LogP contribution is -2.03. The van der Waals surface area contributed by atoms with E-state index in [1.807, 2.05) is 12.1 Å². The molecule has 0 atom stereocenters. The second-order valence-electron chi connectivity index (χ2n) is 3.65. The molecule has 0 unspecified atom stereocenters. The van der Waals surface area contributed by atoms with Crippen molar-refractivity contribution in [3.63, 3.8) is 0 Å². The van der Waals surface area contributed by atoms with Crippen molar-refractivity contribution < 1.29 is 9.63 Å². The lowest BCUT2D eigenvalue weighted by molar-refractivity contribution is 0.0516. The molecule has 18 heavy (non-hydrogen) atoms. The summed E-state index contributed by atoms with van der Waals surface area (Å²) < 4.78 is 0.